The molecule has 0 radical (unpaired) electrons. The van der Waals surface area contributed by atoms with E-state index in [0.29, 0.717) is 11.3 Å². The van der Waals surface area contributed by atoms with Crippen LogP contribution >= 0.6 is 0 Å². The van der Waals surface area contributed by atoms with E-state index in [0.717, 1.165) is 16.8 Å². The average Bonchev–Trinajstić information content (AvgIpc) is 2.75. The zero-order chi connectivity index (χ0) is 14.0. The normalized spacial score (nSPS) is 10.9. The van der Waals surface area contributed by atoms with E-state index in [9.17, 15) is 10.1 Å². The third-order valence-corrected chi connectivity index (χ3v) is 2.66. The zero-order valence-corrected chi connectivity index (χ0v) is 13.3. The summed E-state index contributed by atoms with van der Waals surface area (Å²) in [6.07, 6.45) is 0. The molecule has 0 unspecified atom stereocenters. The summed E-state index contributed by atoms with van der Waals surface area (Å²) in [6.45, 7) is 0.737. The Labute approximate surface area is 128 Å². The van der Waals surface area contributed by atoms with Crippen LogP contribution in [0, 0.1) is 10.1 Å². The van der Waals surface area contributed by atoms with Crippen molar-refractivity contribution in [1.29, 1.82) is 0 Å². The maximum absolute atomic E-state index is 11.0. The summed E-state index contributed by atoms with van der Waals surface area (Å²) in [5.74, 6) is 1.36. The maximum atomic E-state index is 11.0. The van der Waals surface area contributed by atoms with Gasteiger partial charge in [0.1, 0.15) is 12.3 Å². The van der Waals surface area contributed by atoms with E-state index in [-0.39, 0.29) is 22.7 Å². The fourth-order valence-corrected chi connectivity index (χ4v) is 1.92. The zero-order valence-electron chi connectivity index (χ0n) is 11.7. The molecule has 0 amide bonds. The van der Waals surface area contributed by atoms with Crippen LogP contribution in [-0.2, 0) is 6.54 Å². The van der Waals surface area contributed by atoms with Crippen molar-refractivity contribution in [3.63, 3.8) is 0 Å². The molecule has 1 aromatic heterocycles. The molecule has 2 aromatic rings. The summed E-state index contributed by atoms with van der Waals surface area (Å²) in [7, 11) is 6.19. The molecule has 0 fully saturated rings. The second-order valence-electron chi connectivity index (χ2n) is 5.49. The highest BCUT2D eigenvalue weighted by Crippen LogP contribution is 2.31. The Hall–Kier alpha value is -1.66. The van der Waals surface area contributed by atoms with E-state index < -0.39 is 4.92 Å². The molecule has 0 aliphatic rings. The summed E-state index contributed by atoms with van der Waals surface area (Å²) < 4.78 is 6.46. The van der Waals surface area contributed by atoms with Gasteiger partial charge in [-0.3, -0.25) is 10.1 Å². The first-order chi connectivity index (χ1) is 8.87. The number of nitrogens with zero attached hydrogens (tertiary/aromatic N) is 2. The van der Waals surface area contributed by atoms with Crippen molar-refractivity contribution in [3.8, 4) is 11.3 Å². The fourth-order valence-electron chi connectivity index (χ4n) is 1.92. The fraction of sp³-hybridized carbons (Fsp3) is 0.286. The molecule has 0 saturated carbocycles. The van der Waals surface area contributed by atoms with E-state index in [4.69, 9.17) is 4.42 Å². The molecule has 0 N–H and O–H groups in total. The Balaban J connectivity index is 0.00000200. The molecule has 0 spiro atoms. The summed E-state index contributed by atoms with van der Waals surface area (Å²) in [5.41, 5.74) is 0.578. The van der Waals surface area contributed by atoms with Gasteiger partial charge in [-0.1, -0.05) is 12.1 Å². The Bertz CT molecular complexity index is 602. The highest BCUT2D eigenvalue weighted by Gasteiger charge is 2.18. The van der Waals surface area contributed by atoms with Crippen LogP contribution in [0.25, 0.3) is 11.3 Å². The van der Waals surface area contributed by atoms with Crippen molar-refractivity contribution in [2.24, 2.45) is 0 Å². The maximum Gasteiger partial charge on any atom is 0.280 e. The van der Waals surface area contributed by atoms with Gasteiger partial charge in [0.2, 0.25) is 0 Å². The van der Waals surface area contributed by atoms with Crippen LogP contribution in [0.2, 0.25) is 0 Å². The molecule has 0 saturated heterocycles. The number of nitro groups is 1. The lowest BCUT2D eigenvalue weighted by Gasteiger charge is -2.22. The topological polar surface area (TPSA) is 56.3 Å². The van der Waals surface area contributed by atoms with Gasteiger partial charge in [0.15, 0.2) is 5.76 Å². The largest absolute Gasteiger partial charge is 1.00 e. The number of benzene rings is 1. The Morgan fingerprint density at radius 2 is 1.80 bits per heavy atom. The number of para-hydroxylation sites is 1. The standard InChI is InChI=1S/C14H17N2O3.BrH/c1-16(2,3)10-11-8-9-14(19-11)12-6-4-5-7-13(12)15(17)18;/h4-9H,10H2,1-3H3;1H/q+1;/p-1. The van der Waals surface area contributed by atoms with Gasteiger partial charge in [-0.25, -0.2) is 0 Å². The summed E-state index contributed by atoms with van der Waals surface area (Å²) >= 11 is 0. The van der Waals surface area contributed by atoms with Crippen molar-refractivity contribution in [2.75, 3.05) is 21.1 Å². The predicted molar refractivity (Wildman–Crippen MR) is 72.5 cm³/mol. The van der Waals surface area contributed by atoms with E-state index in [1.807, 2.05) is 6.07 Å². The van der Waals surface area contributed by atoms with Crippen LogP contribution in [-0.4, -0.2) is 30.5 Å². The lowest BCUT2D eigenvalue weighted by Crippen LogP contribution is -3.00. The van der Waals surface area contributed by atoms with Crippen molar-refractivity contribution >= 4 is 5.69 Å². The minimum absolute atomic E-state index is 0. The number of quaternary nitrogens is 1. The average molecular weight is 341 g/mol. The van der Waals surface area contributed by atoms with Crippen LogP contribution in [0.5, 0.6) is 0 Å². The summed E-state index contributed by atoms with van der Waals surface area (Å²) in [5, 5.41) is 11.0. The van der Waals surface area contributed by atoms with Gasteiger partial charge in [0.25, 0.3) is 5.69 Å². The first-order valence-corrected chi connectivity index (χ1v) is 6.00. The van der Waals surface area contributed by atoms with E-state index in [2.05, 4.69) is 21.1 Å². The highest BCUT2D eigenvalue weighted by molar-refractivity contribution is 5.69. The van der Waals surface area contributed by atoms with Gasteiger partial charge in [0, 0.05) is 6.07 Å². The molecule has 0 bridgehead atoms. The molecule has 1 heterocycles. The van der Waals surface area contributed by atoms with Crippen molar-refractivity contribution in [2.45, 2.75) is 6.54 Å². The number of nitro benzene ring substituents is 1. The van der Waals surface area contributed by atoms with Gasteiger partial charge < -0.3 is 25.9 Å². The Kier molecular flexibility index (Phi) is 5.08. The third-order valence-electron chi connectivity index (χ3n) is 2.66. The summed E-state index contributed by atoms with van der Waals surface area (Å²) in [4.78, 5) is 10.6. The van der Waals surface area contributed by atoms with E-state index >= 15 is 0 Å². The third kappa shape index (κ3) is 3.91. The smallest absolute Gasteiger partial charge is 0.280 e. The molecular weight excluding hydrogens is 324 g/mol. The number of hydrogen-bond donors (Lipinski definition) is 0. The molecule has 1 aromatic carbocycles. The number of furan rings is 1. The van der Waals surface area contributed by atoms with Gasteiger partial charge in [0.05, 0.1) is 31.6 Å². The van der Waals surface area contributed by atoms with Gasteiger partial charge in [-0.05, 0) is 18.2 Å². The molecule has 6 heteroatoms. The van der Waals surface area contributed by atoms with Crippen molar-refractivity contribution < 1.29 is 30.8 Å². The quantitative estimate of drug-likeness (QED) is 0.449. The molecular formula is C14H17BrN2O3. The van der Waals surface area contributed by atoms with Gasteiger partial charge >= 0.3 is 0 Å². The number of halogens is 1. The van der Waals surface area contributed by atoms with Crippen molar-refractivity contribution in [1.82, 2.24) is 0 Å². The van der Waals surface area contributed by atoms with E-state index in [1.165, 1.54) is 6.07 Å². The second kappa shape index (κ2) is 6.19. The van der Waals surface area contributed by atoms with Crippen LogP contribution in [0.3, 0.4) is 0 Å². The predicted octanol–water partition coefficient (Wildman–Crippen LogP) is 0.0650. The second-order valence-corrected chi connectivity index (χ2v) is 5.49. The van der Waals surface area contributed by atoms with Gasteiger partial charge in [-0.15, -0.1) is 0 Å². The van der Waals surface area contributed by atoms with E-state index in [1.54, 1.807) is 24.3 Å². The van der Waals surface area contributed by atoms with Crippen LogP contribution < -0.4 is 17.0 Å². The molecule has 0 aliphatic heterocycles. The molecule has 20 heavy (non-hydrogen) atoms. The highest BCUT2D eigenvalue weighted by atomic mass is 79.9. The molecule has 2 rings (SSSR count). The first kappa shape index (κ1) is 16.4. The van der Waals surface area contributed by atoms with Crippen LogP contribution in [0.4, 0.5) is 5.69 Å². The van der Waals surface area contributed by atoms with Crippen LogP contribution in [0.1, 0.15) is 5.76 Å². The molecule has 0 aliphatic carbocycles. The monoisotopic (exact) mass is 340 g/mol. The first-order valence-electron chi connectivity index (χ1n) is 6.00. The minimum atomic E-state index is -0.392. The lowest BCUT2D eigenvalue weighted by molar-refractivity contribution is -0.884. The number of hydrogen-bond acceptors (Lipinski definition) is 3. The molecule has 5 nitrogen and oxygen atoms in total. The van der Waals surface area contributed by atoms with Crippen molar-refractivity contribution in [3.05, 3.63) is 52.3 Å². The van der Waals surface area contributed by atoms with Crippen LogP contribution in [0.15, 0.2) is 40.8 Å². The summed E-state index contributed by atoms with van der Waals surface area (Å²) in [6, 6.07) is 10.3. The minimum Gasteiger partial charge on any atom is -1.00 e. The Morgan fingerprint density at radius 3 is 2.40 bits per heavy atom. The lowest BCUT2D eigenvalue weighted by atomic mass is 10.1. The SMILES string of the molecule is C[N+](C)(C)Cc1ccc(-c2ccccc2[N+](=O)[O-])o1.[Br-]. The molecule has 108 valence electrons. The molecule has 0 atom stereocenters. The van der Waals surface area contributed by atoms with Gasteiger partial charge in [-0.2, -0.15) is 0 Å². The number of rotatable bonds is 4. The Morgan fingerprint density at radius 1 is 1.15 bits per heavy atom.